The molecular weight excluding hydrogens is 492 g/mol. The summed E-state index contributed by atoms with van der Waals surface area (Å²) in [7, 11) is 3.13. The summed E-state index contributed by atoms with van der Waals surface area (Å²) in [5, 5.41) is 0. The number of benzene rings is 2. The number of hydrogen-bond acceptors (Lipinski definition) is 8. The van der Waals surface area contributed by atoms with Crippen molar-refractivity contribution in [2.45, 2.75) is 39.8 Å². The third-order valence-electron chi connectivity index (χ3n) is 5.79. The van der Waals surface area contributed by atoms with E-state index in [0.717, 1.165) is 11.1 Å². The number of hydrogen-bond donors (Lipinski definition) is 0. The van der Waals surface area contributed by atoms with Crippen molar-refractivity contribution >= 4 is 23.4 Å². The van der Waals surface area contributed by atoms with E-state index >= 15 is 0 Å². The molecule has 1 atom stereocenters. The maximum Gasteiger partial charge on any atom is 0.338 e. The van der Waals surface area contributed by atoms with Crippen molar-refractivity contribution in [2.75, 3.05) is 20.8 Å². The molecule has 0 fully saturated rings. The van der Waals surface area contributed by atoms with E-state index in [9.17, 15) is 9.59 Å². The molecular formula is C28H30N2O6S. The number of esters is 1. The minimum Gasteiger partial charge on any atom is -0.493 e. The average molecular weight is 523 g/mol. The van der Waals surface area contributed by atoms with Crippen molar-refractivity contribution < 1.29 is 23.7 Å². The van der Waals surface area contributed by atoms with Crippen molar-refractivity contribution in [1.29, 1.82) is 0 Å². The van der Waals surface area contributed by atoms with Gasteiger partial charge in [-0.1, -0.05) is 29.5 Å². The number of allylic oxidation sites excluding steroid dienone is 1. The lowest BCUT2D eigenvalue weighted by atomic mass is 9.96. The van der Waals surface area contributed by atoms with Crippen molar-refractivity contribution in [3.63, 3.8) is 0 Å². The molecule has 0 radical (unpaired) electrons. The van der Waals surface area contributed by atoms with Crippen LogP contribution in [0.4, 0.5) is 0 Å². The molecule has 1 aliphatic heterocycles. The molecule has 2 aromatic carbocycles. The third-order valence-corrected chi connectivity index (χ3v) is 6.77. The second-order valence-electron chi connectivity index (χ2n) is 8.65. The predicted molar refractivity (Wildman–Crippen MR) is 142 cm³/mol. The van der Waals surface area contributed by atoms with Gasteiger partial charge in [0.05, 0.1) is 48.8 Å². The SMILES string of the molecule is CCOC(=O)C1=C(C)N=c2s/c(=C/c3ccc(OC)c(OC)c3)c(=O)n2[C@@H]1c1ccc(OC(C)C)cc1. The van der Waals surface area contributed by atoms with Gasteiger partial charge in [0, 0.05) is 0 Å². The number of carbonyl (C=O) groups is 1. The van der Waals surface area contributed by atoms with E-state index in [1.807, 2.05) is 44.2 Å². The molecule has 0 amide bonds. The van der Waals surface area contributed by atoms with Gasteiger partial charge in [0.15, 0.2) is 16.3 Å². The molecule has 0 spiro atoms. The quantitative estimate of drug-likeness (QED) is 0.420. The maximum absolute atomic E-state index is 13.8. The van der Waals surface area contributed by atoms with Gasteiger partial charge < -0.3 is 18.9 Å². The van der Waals surface area contributed by atoms with Crippen molar-refractivity contribution in [1.82, 2.24) is 4.57 Å². The third kappa shape index (κ3) is 5.32. The van der Waals surface area contributed by atoms with Crippen LogP contribution in [0.25, 0.3) is 6.08 Å². The zero-order chi connectivity index (χ0) is 26.7. The van der Waals surface area contributed by atoms with Gasteiger partial charge in [0.25, 0.3) is 5.56 Å². The van der Waals surface area contributed by atoms with Gasteiger partial charge in [-0.25, -0.2) is 9.79 Å². The van der Waals surface area contributed by atoms with Gasteiger partial charge >= 0.3 is 5.97 Å². The van der Waals surface area contributed by atoms with Crippen molar-refractivity contribution in [3.05, 3.63) is 84.5 Å². The fourth-order valence-electron chi connectivity index (χ4n) is 4.20. The molecule has 0 unspecified atom stereocenters. The molecule has 3 aromatic rings. The Bertz CT molecular complexity index is 1520. The van der Waals surface area contributed by atoms with Crippen LogP contribution < -0.4 is 29.1 Å². The normalized spacial score (nSPS) is 15.3. The van der Waals surface area contributed by atoms with Crippen LogP contribution in [-0.2, 0) is 9.53 Å². The van der Waals surface area contributed by atoms with E-state index in [-0.39, 0.29) is 18.3 Å². The summed E-state index contributed by atoms with van der Waals surface area (Å²) in [6.07, 6.45) is 1.81. The molecule has 37 heavy (non-hydrogen) atoms. The van der Waals surface area contributed by atoms with Crippen LogP contribution >= 0.6 is 11.3 Å². The summed E-state index contributed by atoms with van der Waals surface area (Å²) in [6, 6.07) is 12.2. The lowest BCUT2D eigenvalue weighted by Gasteiger charge is -2.25. The first-order valence-corrected chi connectivity index (χ1v) is 12.8. The summed E-state index contributed by atoms with van der Waals surface area (Å²) < 4.78 is 23.9. The number of nitrogens with zero attached hydrogens (tertiary/aromatic N) is 2. The van der Waals surface area contributed by atoms with Gasteiger partial charge in [0.2, 0.25) is 0 Å². The molecule has 0 saturated heterocycles. The summed E-state index contributed by atoms with van der Waals surface area (Å²) in [5.41, 5.74) is 2.14. The van der Waals surface area contributed by atoms with E-state index in [1.165, 1.54) is 11.3 Å². The highest BCUT2D eigenvalue weighted by Crippen LogP contribution is 2.32. The van der Waals surface area contributed by atoms with E-state index in [0.29, 0.717) is 37.9 Å². The predicted octanol–water partition coefficient (Wildman–Crippen LogP) is 3.60. The number of aromatic nitrogens is 1. The molecule has 4 rings (SSSR count). The summed E-state index contributed by atoms with van der Waals surface area (Å²) in [4.78, 5) is 31.9. The smallest absolute Gasteiger partial charge is 0.338 e. The van der Waals surface area contributed by atoms with Gasteiger partial charge in [-0.2, -0.15) is 0 Å². The van der Waals surface area contributed by atoms with Crippen molar-refractivity contribution in [3.8, 4) is 17.2 Å². The Morgan fingerprint density at radius 3 is 2.43 bits per heavy atom. The molecule has 2 heterocycles. The van der Waals surface area contributed by atoms with E-state index in [2.05, 4.69) is 4.99 Å². The number of fused-ring (bicyclic) bond motifs is 1. The highest BCUT2D eigenvalue weighted by Gasteiger charge is 2.33. The van der Waals surface area contributed by atoms with Crippen LogP contribution in [0.15, 0.2) is 63.5 Å². The fourth-order valence-corrected chi connectivity index (χ4v) is 5.25. The number of rotatable bonds is 8. The summed E-state index contributed by atoms with van der Waals surface area (Å²) in [6.45, 7) is 7.64. The first-order chi connectivity index (χ1) is 17.8. The molecule has 0 bridgehead atoms. The van der Waals surface area contributed by atoms with Gasteiger partial charge in [0.1, 0.15) is 5.75 Å². The molecule has 194 valence electrons. The summed E-state index contributed by atoms with van der Waals surface area (Å²) in [5.74, 6) is 1.37. The van der Waals surface area contributed by atoms with Gasteiger partial charge in [-0.05, 0) is 69.2 Å². The van der Waals surface area contributed by atoms with Crippen LogP contribution in [0.1, 0.15) is 44.9 Å². The molecule has 0 aliphatic carbocycles. The first-order valence-electron chi connectivity index (χ1n) is 12.0. The highest BCUT2D eigenvalue weighted by molar-refractivity contribution is 7.07. The maximum atomic E-state index is 13.8. The van der Waals surface area contributed by atoms with Crippen LogP contribution in [0.3, 0.4) is 0 Å². The van der Waals surface area contributed by atoms with Gasteiger partial charge in [-0.3, -0.25) is 9.36 Å². The van der Waals surface area contributed by atoms with E-state index in [1.54, 1.807) is 50.8 Å². The van der Waals surface area contributed by atoms with Crippen LogP contribution in [-0.4, -0.2) is 37.5 Å². The first kappa shape index (κ1) is 26.2. The molecule has 0 N–H and O–H groups in total. The van der Waals surface area contributed by atoms with Crippen LogP contribution in [0.5, 0.6) is 17.2 Å². The van der Waals surface area contributed by atoms with E-state index in [4.69, 9.17) is 18.9 Å². The Labute approximate surface area is 219 Å². The zero-order valence-electron chi connectivity index (χ0n) is 21.7. The molecule has 1 aromatic heterocycles. The minimum atomic E-state index is -0.684. The number of methoxy groups -OCH3 is 2. The Hall–Kier alpha value is -3.85. The number of carbonyl (C=O) groups excluding carboxylic acids is 1. The molecule has 0 saturated carbocycles. The Morgan fingerprint density at radius 1 is 1.11 bits per heavy atom. The second-order valence-corrected chi connectivity index (χ2v) is 9.66. The van der Waals surface area contributed by atoms with Gasteiger partial charge in [-0.15, -0.1) is 0 Å². The Morgan fingerprint density at radius 2 is 1.81 bits per heavy atom. The van der Waals surface area contributed by atoms with Crippen LogP contribution in [0, 0.1) is 0 Å². The Kier molecular flexibility index (Phi) is 7.83. The number of thiazole rings is 1. The largest absolute Gasteiger partial charge is 0.493 e. The zero-order valence-corrected chi connectivity index (χ0v) is 22.5. The topological polar surface area (TPSA) is 88.4 Å². The fraction of sp³-hybridized carbons (Fsp3) is 0.321. The van der Waals surface area contributed by atoms with E-state index < -0.39 is 12.0 Å². The highest BCUT2D eigenvalue weighted by atomic mass is 32.1. The van der Waals surface area contributed by atoms with Crippen LogP contribution in [0.2, 0.25) is 0 Å². The van der Waals surface area contributed by atoms with Crippen molar-refractivity contribution in [2.24, 2.45) is 4.99 Å². The lowest BCUT2D eigenvalue weighted by molar-refractivity contribution is -0.139. The summed E-state index contributed by atoms with van der Waals surface area (Å²) >= 11 is 1.27. The second kappa shape index (κ2) is 11.0. The lowest BCUT2D eigenvalue weighted by Crippen LogP contribution is -2.39. The Balaban J connectivity index is 1.88. The standard InChI is InChI=1S/C28H30N2O6S/c1-7-35-27(32)24-17(4)29-28-30(25(24)19-9-11-20(12-10-19)36-16(2)3)26(31)23(37-28)15-18-8-13-21(33-5)22(14-18)34-6/h8-16,25H,7H2,1-6H3/b23-15+/t25-/m1/s1. The number of ether oxygens (including phenoxy) is 4. The molecule has 9 heteroatoms. The minimum absolute atomic E-state index is 0.0253. The average Bonchev–Trinajstić information content (AvgIpc) is 3.17. The molecule has 8 nitrogen and oxygen atoms in total. The molecule has 1 aliphatic rings. The monoisotopic (exact) mass is 522 g/mol.